The van der Waals surface area contributed by atoms with Crippen LogP contribution in [0.15, 0.2) is 42.7 Å². The summed E-state index contributed by atoms with van der Waals surface area (Å²) in [4.78, 5) is 27.6. The molecule has 1 aromatic carbocycles. The Hall–Kier alpha value is -2.69. The van der Waals surface area contributed by atoms with Crippen LogP contribution in [0.5, 0.6) is 0 Å². The summed E-state index contributed by atoms with van der Waals surface area (Å²) in [5, 5.41) is 0. The molecule has 5 nitrogen and oxygen atoms in total. The molecule has 114 valence electrons. The zero-order valence-corrected chi connectivity index (χ0v) is 12.8. The van der Waals surface area contributed by atoms with Crippen LogP contribution in [0, 0.1) is 0 Å². The van der Waals surface area contributed by atoms with Crippen LogP contribution in [0.3, 0.4) is 0 Å². The molecule has 1 heterocycles. The molecule has 0 aliphatic rings. The summed E-state index contributed by atoms with van der Waals surface area (Å²) >= 11 is 0. The molecular formula is C17H18N2O3. The van der Waals surface area contributed by atoms with Gasteiger partial charge < -0.3 is 9.30 Å². The second-order valence-electron chi connectivity index (χ2n) is 5.06. The van der Waals surface area contributed by atoms with Gasteiger partial charge in [-0.25, -0.2) is 9.78 Å². The molecule has 0 aliphatic carbocycles. The van der Waals surface area contributed by atoms with E-state index in [1.54, 1.807) is 42.7 Å². The van der Waals surface area contributed by atoms with Crippen molar-refractivity contribution >= 4 is 17.8 Å². The summed E-state index contributed by atoms with van der Waals surface area (Å²) in [5.74, 6) is -0.126. The van der Waals surface area contributed by atoms with Gasteiger partial charge in [0, 0.05) is 18.4 Å². The highest BCUT2D eigenvalue weighted by atomic mass is 16.5. The minimum absolute atomic E-state index is 0.157. The van der Waals surface area contributed by atoms with Gasteiger partial charge in [-0.15, -0.1) is 0 Å². The number of aromatic nitrogens is 2. The average molecular weight is 298 g/mol. The molecule has 22 heavy (non-hydrogen) atoms. The number of esters is 1. The third kappa shape index (κ3) is 3.49. The largest absolute Gasteiger partial charge is 0.465 e. The van der Waals surface area contributed by atoms with Crippen molar-refractivity contribution in [3.8, 4) is 0 Å². The lowest BCUT2D eigenvalue weighted by molar-refractivity contribution is 0.0600. The molecule has 0 amide bonds. The fourth-order valence-electron chi connectivity index (χ4n) is 2.02. The summed E-state index contributed by atoms with van der Waals surface area (Å²) in [6.07, 6.45) is 6.58. The third-order valence-corrected chi connectivity index (χ3v) is 3.20. The normalized spacial score (nSPS) is 11.1. The number of ketones is 1. The highest BCUT2D eigenvalue weighted by Gasteiger charge is 2.11. The van der Waals surface area contributed by atoms with Gasteiger partial charge in [-0.3, -0.25) is 4.79 Å². The lowest BCUT2D eigenvalue weighted by Crippen LogP contribution is -2.09. The van der Waals surface area contributed by atoms with Gasteiger partial charge in [0.1, 0.15) is 0 Å². The number of carbonyl (C=O) groups excluding carboxylic acids is 2. The van der Waals surface area contributed by atoms with Gasteiger partial charge >= 0.3 is 5.97 Å². The van der Waals surface area contributed by atoms with Gasteiger partial charge in [-0.1, -0.05) is 18.2 Å². The maximum Gasteiger partial charge on any atom is 0.337 e. The van der Waals surface area contributed by atoms with Crippen LogP contribution in [0.2, 0.25) is 0 Å². The number of methoxy groups -OCH3 is 1. The average Bonchev–Trinajstić information content (AvgIpc) is 3.02. The van der Waals surface area contributed by atoms with Crippen molar-refractivity contribution in [2.45, 2.75) is 19.9 Å². The Bertz CT molecular complexity index is 697. The smallest absolute Gasteiger partial charge is 0.337 e. The Morgan fingerprint density at radius 3 is 2.50 bits per heavy atom. The van der Waals surface area contributed by atoms with Gasteiger partial charge in [-0.05, 0) is 37.6 Å². The third-order valence-electron chi connectivity index (χ3n) is 3.20. The molecule has 1 aromatic heterocycles. The minimum atomic E-state index is -0.384. The van der Waals surface area contributed by atoms with E-state index < -0.39 is 0 Å². The predicted octanol–water partition coefficient (Wildman–Crippen LogP) is 3.15. The number of imidazole rings is 1. The molecule has 0 saturated carbocycles. The Morgan fingerprint density at radius 2 is 1.91 bits per heavy atom. The maximum atomic E-state index is 12.2. The van der Waals surface area contributed by atoms with E-state index in [2.05, 4.69) is 9.72 Å². The van der Waals surface area contributed by atoms with E-state index in [9.17, 15) is 9.59 Å². The van der Waals surface area contributed by atoms with Crippen LogP contribution in [-0.4, -0.2) is 28.4 Å². The van der Waals surface area contributed by atoms with Crippen molar-refractivity contribution in [3.63, 3.8) is 0 Å². The zero-order chi connectivity index (χ0) is 16.1. The van der Waals surface area contributed by atoms with E-state index >= 15 is 0 Å². The fourth-order valence-corrected chi connectivity index (χ4v) is 2.02. The minimum Gasteiger partial charge on any atom is -0.465 e. The predicted molar refractivity (Wildman–Crippen MR) is 83.8 cm³/mol. The Balaban J connectivity index is 2.13. The molecule has 0 radical (unpaired) electrons. The number of nitrogens with zero attached hydrogens (tertiary/aromatic N) is 2. The number of allylic oxidation sites excluding steroid dienone is 1. The number of ether oxygens (including phenoxy) is 1. The van der Waals surface area contributed by atoms with Gasteiger partial charge in [0.25, 0.3) is 0 Å². The van der Waals surface area contributed by atoms with Gasteiger partial charge in [-0.2, -0.15) is 0 Å². The molecular weight excluding hydrogens is 280 g/mol. The highest BCUT2D eigenvalue weighted by molar-refractivity contribution is 6.04. The summed E-state index contributed by atoms with van der Waals surface area (Å²) in [7, 11) is 1.34. The summed E-state index contributed by atoms with van der Waals surface area (Å²) in [6.45, 7) is 3.99. The van der Waals surface area contributed by atoms with Gasteiger partial charge in [0.05, 0.1) is 12.7 Å². The number of hydrogen-bond acceptors (Lipinski definition) is 4. The van der Waals surface area contributed by atoms with Crippen LogP contribution in [-0.2, 0) is 4.74 Å². The quantitative estimate of drug-likeness (QED) is 0.483. The zero-order valence-electron chi connectivity index (χ0n) is 12.8. The van der Waals surface area contributed by atoms with Crippen molar-refractivity contribution in [3.05, 3.63) is 59.7 Å². The molecule has 2 aromatic rings. The van der Waals surface area contributed by atoms with Crippen LogP contribution in [0.4, 0.5) is 0 Å². The first-order chi connectivity index (χ1) is 10.5. The van der Waals surface area contributed by atoms with Crippen LogP contribution >= 0.6 is 0 Å². The van der Waals surface area contributed by atoms with Crippen molar-refractivity contribution < 1.29 is 14.3 Å². The summed E-state index contributed by atoms with van der Waals surface area (Å²) in [6, 6.07) is 7.00. The molecule has 5 heteroatoms. The van der Waals surface area contributed by atoms with Gasteiger partial charge in [0.2, 0.25) is 5.78 Å². The van der Waals surface area contributed by atoms with E-state index in [1.165, 1.54) is 13.2 Å². The lowest BCUT2D eigenvalue weighted by atomic mass is 10.1. The SMILES string of the molecule is COC(=O)c1ccc(/C=C/C(=O)c2nccn2C(C)C)cc1. The molecule has 0 spiro atoms. The highest BCUT2D eigenvalue weighted by Crippen LogP contribution is 2.11. The molecule has 0 fully saturated rings. The van der Waals surface area contributed by atoms with Crippen molar-refractivity contribution in [2.75, 3.05) is 7.11 Å². The van der Waals surface area contributed by atoms with E-state index in [1.807, 2.05) is 18.4 Å². The monoisotopic (exact) mass is 298 g/mol. The van der Waals surface area contributed by atoms with Crippen LogP contribution < -0.4 is 0 Å². The lowest BCUT2D eigenvalue weighted by Gasteiger charge is -2.08. The molecule has 0 saturated heterocycles. The summed E-state index contributed by atoms with van der Waals surface area (Å²) < 4.78 is 6.46. The Labute approximate surface area is 129 Å². The Morgan fingerprint density at radius 1 is 1.23 bits per heavy atom. The van der Waals surface area contributed by atoms with E-state index in [-0.39, 0.29) is 17.8 Å². The molecule has 2 rings (SSSR count). The number of benzene rings is 1. The first-order valence-corrected chi connectivity index (χ1v) is 6.96. The molecule has 0 unspecified atom stereocenters. The van der Waals surface area contributed by atoms with Gasteiger partial charge in [0.15, 0.2) is 5.82 Å². The number of carbonyl (C=O) groups is 2. The van der Waals surface area contributed by atoms with E-state index in [0.29, 0.717) is 11.4 Å². The standard InChI is InChI=1S/C17H18N2O3/c1-12(2)19-11-10-18-16(19)15(20)9-6-13-4-7-14(8-5-13)17(21)22-3/h4-12H,1-3H3/b9-6+. The maximum absolute atomic E-state index is 12.2. The molecule has 0 aliphatic heterocycles. The number of rotatable bonds is 5. The van der Waals surface area contributed by atoms with E-state index in [4.69, 9.17) is 0 Å². The molecule has 0 bridgehead atoms. The topological polar surface area (TPSA) is 61.2 Å². The molecule has 0 N–H and O–H groups in total. The summed E-state index contributed by atoms with van der Waals surface area (Å²) in [5.41, 5.74) is 1.30. The number of hydrogen-bond donors (Lipinski definition) is 0. The fraction of sp³-hybridized carbons (Fsp3) is 0.235. The first kappa shape index (κ1) is 15.7. The molecule has 0 atom stereocenters. The van der Waals surface area contributed by atoms with Crippen molar-refractivity contribution in [1.29, 1.82) is 0 Å². The van der Waals surface area contributed by atoms with Crippen LogP contribution in [0.1, 0.15) is 46.4 Å². The van der Waals surface area contributed by atoms with Crippen LogP contribution in [0.25, 0.3) is 6.08 Å². The second-order valence-corrected chi connectivity index (χ2v) is 5.06. The Kier molecular flexibility index (Phi) is 4.88. The van der Waals surface area contributed by atoms with E-state index in [0.717, 1.165) is 5.56 Å². The first-order valence-electron chi connectivity index (χ1n) is 6.96. The van der Waals surface area contributed by atoms with Crippen molar-refractivity contribution in [2.24, 2.45) is 0 Å². The second kappa shape index (κ2) is 6.85. The van der Waals surface area contributed by atoms with Crippen molar-refractivity contribution in [1.82, 2.24) is 9.55 Å².